The number of hydrogen-bond donors (Lipinski definition) is 1. The van der Waals surface area contributed by atoms with E-state index < -0.39 is 22.6 Å². The lowest BCUT2D eigenvalue weighted by molar-refractivity contribution is -0.145. The molecule has 0 aromatic rings. The third-order valence-corrected chi connectivity index (χ3v) is 9.47. The van der Waals surface area contributed by atoms with E-state index in [0.29, 0.717) is 39.0 Å². The van der Waals surface area contributed by atoms with E-state index in [2.05, 4.69) is 13.2 Å². The summed E-state index contributed by atoms with van der Waals surface area (Å²) in [5.41, 5.74) is 0. The molecule has 190 valence electrons. The Hall–Kier alpha value is -1.80. The Morgan fingerprint density at radius 3 is 2.53 bits per heavy atom. The molecule has 0 aromatic carbocycles. The van der Waals surface area contributed by atoms with Crippen LogP contribution in [0.5, 0.6) is 0 Å². The summed E-state index contributed by atoms with van der Waals surface area (Å²) in [7, 11) is 0. The summed E-state index contributed by atoms with van der Waals surface area (Å²) in [5.74, 6) is -0.972. The Morgan fingerprint density at radius 1 is 1.24 bits per heavy atom. The highest BCUT2D eigenvalue weighted by atomic mass is 32.2. The van der Waals surface area contributed by atoms with Crippen LogP contribution in [0.3, 0.4) is 0 Å². The molecule has 3 fully saturated rings. The zero-order valence-corrected chi connectivity index (χ0v) is 21.8. The summed E-state index contributed by atoms with van der Waals surface area (Å²) in [4.78, 5) is 47.1. The second-order valence-corrected chi connectivity index (χ2v) is 11.6. The minimum absolute atomic E-state index is 0.0226. The number of thioether (sulfide) groups is 1. The van der Waals surface area contributed by atoms with E-state index in [0.717, 1.165) is 19.3 Å². The van der Waals surface area contributed by atoms with Crippen LogP contribution in [-0.4, -0.2) is 92.4 Å². The lowest BCUT2D eigenvalue weighted by Crippen LogP contribution is -2.56. The lowest BCUT2D eigenvalue weighted by Gasteiger charge is -2.38. The van der Waals surface area contributed by atoms with E-state index in [-0.39, 0.29) is 35.6 Å². The first-order chi connectivity index (χ1) is 16.3. The van der Waals surface area contributed by atoms with Gasteiger partial charge in [-0.1, -0.05) is 19.1 Å². The first-order valence-corrected chi connectivity index (χ1v) is 13.6. The molecule has 3 heterocycles. The highest BCUT2D eigenvalue weighted by molar-refractivity contribution is 8.02. The largest absolute Gasteiger partial charge is 0.396 e. The van der Waals surface area contributed by atoms with E-state index in [1.54, 1.807) is 33.7 Å². The number of rotatable bonds is 13. The maximum atomic E-state index is 14.0. The Labute approximate surface area is 208 Å². The average Bonchev–Trinajstić information content (AvgIpc) is 3.44. The molecular formula is C26H41N3O4S. The van der Waals surface area contributed by atoms with Gasteiger partial charge in [0.15, 0.2) is 0 Å². The van der Waals surface area contributed by atoms with Gasteiger partial charge in [0.2, 0.25) is 17.7 Å². The number of likely N-dealkylation sites (tertiary alicyclic amines) is 1. The summed E-state index contributed by atoms with van der Waals surface area (Å²) >= 11 is 1.71. The number of nitrogens with zero attached hydrogens (tertiary/aromatic N) is 3. The Balaban J connectivity index is 2.01. The molecule has 2 bridgehead atoms. The van der Waals surface area contributed by atoms with Crippen LogP contribution in [-0.2, 0) is 14.4 Å². The van der Waals surface area contributed by atoms with Crippen molar-refractivity contribution in [2.75, 3.05) is 32.8 Å². The van der Waals surface area contributed by atoms with Crippen LogP contribution in [0.2, 0.25) is 0 Å². The van der Waals surface area contributed by atoms with E-state index in [1.807, 2.05) is 25.7 Å². The number of hydrogen-bond acceptors (Lipinski definition) is 5. The van der Waals surface area contributed by atoms with Crippen molar-refractivity contribution in [2.24, 2.45) is 11.8 Å². The highest BCUT2D eigenvalue weighted by Crippen LogP contribution is 2.66. The van der Waals surface area contributed by atoms with E-state index >= 15 is 0 Å². The Morgan fingerprint density at radius 2 is 1.94 bits per heavy atom. The van der Waals surface area contributed by atoms with E-state index in [9.17, 15) is 19.5 Å². The number of amides is 3. The second kappa shape index (κ2) is 11.3. The van der Waals surface area contributed by atoms with Crippen LogP contribution in [0.25, 0.3) is 0 Å². The second-order valence-electron chi connectivity index (χ2n) is 9.96. The minimum Gasteiger partial charge on any atom is -0.396 e. The quantitative estimate of drug-likeness (QED) is 0.317. The van der Waals surface area contributed by atoms with Gasteiger partial charge >= 0.3 is 0 Å². The van der Waals surface area contributed by atoms with Crippen molar-refractivity contribution in [3.05, 3.63) is 25.3 Å². The van der Waals surface area contributed by atoms with Crippen molar-refractivity contribution in [1.82, 2.24) is 14.7 Å². The topological polar surface area (TPSA) is 81.2 Å². The molecule has 3 amide bonds. The summed E-state index contributed by atoms with van der Waals surface area (Å²) < 4.78 is -0.571. The van der Waals surface area contributed by atoms with Crippen LogP contribution < -0.4 is 0 Å². The lowest BCUT2D eigenvalue weighted by atomic mass is 9.70. The molecule has 3 aliphatic heterocycles. The maximum absolute atomic E-state index is 14.0. The van der Waals surface area contributed by atoms with Crippen LogP contribution in [0.4, 0.5) is 0 Å². The van der Waals surface area contributed by atoms with Crippen molar-refractivity contribution >= 4 is 29.5 Å². The van der Waals surface area contributed by atoms with Crippen molar-refractivity contribution in [1.29, 1.82) is 0 Å². The molecule has 0 aliphatic carbocycles. The molecule has 0 aromatic heterocycles. The summed E-state index contributed by atoms with van der Waals surface area (Å²) in [6.07, 6.45) is 7.12. The van der Waals surface area contributed by atoms with Gasteiger partial charge in [-0.05, 0) is 46.0 Å². The predicted octanol–water partition coefficient (Wildman–Crippen LogP) is 2.70. The van der Waals surface area contributed by atoms with Crippen molar-refractivity contribution < 1.29 is 19.5 Å². The predicted molar refractivity (Wildman–Crippen MR) is 136 cm³/mol. The molecule has 7 nitrogen and oxygen atoms in total. The molecule has 34 heavy (non-hydrogen) atoms. The fraction of sp³-hybridized carbons (Fsp3) is 0.731. The zero-order chi connectivity index (χ0) is 25.0. The third kappa shape index (κ3) is 4.55. The number of carbonyl (C=O) groups excluding carboxylic acids is 3. The van der Waals surface area contributed by atoms with Crippen molar-refractivity contribution in [3.8, 4) is 0 Å². The number of carbonyl (C=O) groups is 3. The van der Waals surface area contributed by atoms with Gasteiger partial charge in [0.25, 0.3) is 0 Å². The molecule has 5 atom stereocenters. The molecule has 0 radical (unpaired) electrons. The molecular weight excluding hydrogens is 450 g/mol. The SMILES string of the molecule is C=CCN(CCC)C(=O)[C@@H]1[C@@H]2CCC3(S2)C(C(=O)N(CC=C)C(C)C)N(CCCCO)C(=O)[C@H]13. The molecule has 8 heteroatoms. The normalized spacial score (nSPS) is 29.4. The fourth-order valence-electron chi connectivity index (χ4n) is 6.13. The van der Waals surface area contributed by atoms with E-state index in [1.165, 1.54) is 0 Å². The van der Waals surface area contributed by atoms with Gasteiger partial charge in [-0.3, -0.25) is 14.4 Å². The number of aliphatic hydroxyl groups excluding tert-OH is 1. The van der Waals surface area contributed by atoms with Gasteiger partial charge < -0.3 is 19.8 Å². The number of fused-ring (bicyclic) bond motifs is 1. The number of unbranched alkanes of at least 4 members (excludes halogenated alkanes) is 1. The zero-order valence-electron chi connectivity index (χ0n) is 20.9. The molecule has 3 aliphatic rings. The van der Waals surface area contributed by atoms with Gasteiger partial charge in [0.05, 0.1) is 16.6 Å². The average molecular weight is 492 g/mol. The molecule has 0 saturated carbocycles. The Kier molecular flexibility index (Phi) is 8.90. The van der Waals surface area contributed by atoms with Crippen molar-refractivity contribution in [2.45, 2.75) is 75.0 Å². The molecule has 1 spiro atoms. The monoisotopic (exact) mass is 491 g/mol. The standard InChI is InChI=1S/C26H41N3O4S/c1-6-13-27(14-7-2)23(31)20-19-11-12-26(34-19)21(20)24(32)29(16-9-10-17-30)22(26)25(33)28(15-8-3)18(4)5/h6,8,18-22,30H,1,3,7,9-17H2,2,4-5H3/t19-,20+,21-,22?,26?/m0/s1. The van der Waals surface area contributed by atoms with E-state index in [4.69, 9.17) is 0 Å². The minimum atomic E-state index is -0.585. The van der Waals surface area contributed by atoms with Crippen LogP contribution >= 0.6 is 11.8 Å². The van der Waals surface area contributed by atoms with Gasteiger partial charge in [-0.2, -0.15) is 0 Å². The van der Waals surface area contributed by atoms with Crippen LogP contribution in [0.1, 0.15) is 52.9 Å². The third-order valence-electron chi connectivity index (χ3n) is 7.51. The van der Waals surface area contributed by atoms with Gasteiger partial charge in [-0.25, -0.2) is 0 Å². The first-order valence-electron chi connectivity index (χ1n) is 12.7. The van der Waals surface area contributed by atoms with Gasteiger partial charge in [-0.15, -0.1) is 24.9 Å². The van der Waals surface area contributed by atoms with Gasteiger partial charge in [0, 0.05) is 44.1 Å². The summed E-state index contributed by atoms with van der Waals surface area (Å²) in [6.45, 7) is 15.6. The maximum Gasteiger partial charge on any atom is 0.247 e. The molecule has 1 N–H and O–H groups in total. The van der Waals surface area contributed by atoms with Gasteiger partial charge in [0.1, 0.15) is 6.04 Å². The summed E-state index contributed by atoms with van der Waals surface area (Å²) in [5, 5.41) is 9.36. The van der Waals surface area contributed by atoms with Crippen LogP contribution in [0, 0.1) is 11.8 Å². The first kappa shape index (κ1) is 26.8. The molecule has 3 rings (SSSR count). The van der Waals surface area contributed by atoms with Crippen LogP contribution in [0.15, 0.2) is 25.3 Å². The fourth-order valence-corrected chi connectivity index (χ4v) is 8.33. The Bertz CT molecular complexity index is 803. The molecule has 2 unspecified atom stereocenters. The smallest absolute Gasteiger partial charge is 0.247 e. The highest BCUT2D eigenvalue weighted by Gasteiger charge is 2.74. The van der Waals surface area contributed by atoms with Crippen molar-refractivity contribution in [3.63, 3.8) is 0 Å². The summed E-state index contributed by atoms with van der Waals surface area (Å²) in [6, 6.07) is -0.609. The number of aliphatic hydroxyl groups is 1. The molecule has 3 saturated heterocycles.